The van der Waals surface area contributed by atoms with Gasteiger partial charge in [0.15, 0.2) is 0 Å². The molecule has 0 spiro atoms. The molecule has 0 bridgehead atoms. The first kappa shape index (κ1) is 22.8. The predicted molar refractivity (Wildman–Crippen MR) is 127 cm³/mol. The highest BCUT2D eigenvalue weighted by molar-refractivity contribution is 6.09. The van der Waals surface area contributed by atoms with E-state index in [2.05, 4.69) is 20.1 Å². The number of alkyl halides is 3. The fraction of sp³-hybridized carbons (Fsp3) is 0.208. The first-order valence-corrected chi connectivity index (χ1v) is 11.2. The Morgan fingerprint density at radius 3 is 2.73 bits per heavy atom. The topological polar surface area (TPSA) is 116 Å². The quantitative estimate of drug-likeness (QED) is 0.395. The van der Waals surface area contributed by atoms with Crippen molar-refractivity contribution in [2.24, 2.45) is 7.05 Å². The number of nitrogen functional groups attached to an aromatic ring is 1. The van der Waals surface area contributed by atoms with Gasteiger partial charge in [0.25, 0.3) is 5.91 Å². The van der Waals surface area contributed by atoms with Crippen molar-refractivity contribution in [3.8, 4) is 5.88 Å². The lowest BCUT2D eigenvalue weighted by Gasteiger charge is -2.27. The van der Waals surface area contributed by atoms with Gasteiger partial charge in [-0.2, -0.15) is 18.3 Å². The number of nitrogens with zero attached hydrogens (tertiary/aromatic N) is 7. The fourth-order valence-electron chi connectivity index (χ4n) is 4.60. The minimum absolute atomic E-state index is 0.0687. The Bertz CT molecular complexity index is 1710. The second-order valence-electron chi connectivity index (χ2n) is 8.76. The van der Waals surface area contributed by atoms with E-state index in [0.717, 1.165) is 6.07 Å². The van der Waals surface area contributed by atoms with Crippen LogP contribution in [0.25, 0.3) is 16.6 Å². The number of hydrogen-bond donors (Lipinski definition) is 1. The summed E-state index contributed by atoms with van der Waals surface area (Å²) in [6.45, 7) is 1.71. The number of pyridine rings is 1. The van der Waals surface area contributed by atoms with E-state index >= 15 is 0 Å². The van der Waals surface area contributed by atoms with Crippen molar-refractivity contribution >= 4 is 34.0 Å². The Kier molecular flexibility index (Phi) is 4.87. The monoisotopic (exact) mass is 508 g/mol. The van der Waals surface area contributed by atoms with Gasteiger partial charge in [-0.3, -0.25) is 18.8 Å². The van der Waals surface area contributed by atoms with Gasteiger partial charge in [0.05, 0.1) is 35.4 Å². The summed E-state index contributed by atoms with van der Waals surface area (Å²) < 4.78 is 48.4. The number of fused-ring (bicyclic) bond motifs is 4. The van der Waals surface area contributed by atoms with Crippen LogP contribution in [0.4, 0.5) is 24.7 Å². The summed E-state index contributed by atoms with van der Waals surface area (Å²) >= 11 is 0. The highest BCUT2D eigenvalue weighted by Crippen LogP contribution is 2.40. The molecule has 0 aliphatic carbocycles. The third-order valence-electron chi connectivity index (χ3n) is 6.37. The molecule has 6 rings (SSSR count). The van der Waals surface area contributed by atoms with Crippen molar-refractivity contribution in [1.82, 2.24) is 29.1 Å². The second kappa shape index (κ2) is 7.91. The summed E-state index contributed by atoms with van der Waals surface area (Å²) in [4.78, 5) is 27.8. The molecule has 10 nitrogen and oxygen atoms in total. The lowest BCUT2D eigenvalue weighted by molar-refractivity contribution is -0.141. The van der Waals surface area contributed by atoms with Gasteiger partial charge < -0.3 is 10.5 Å². The normalized spacial score (nSPS) is 15.2. The van der Waals surface area contributed by atoms with Crippen molar-refractivity contribution in [2.75, 3.05) is 17.2 Å². The van der Waals surface area contributed by atoms with Crippen LogP contribution in [0, 0.1) is 6.92 Å². The minimum Gasteiger partial charge on any atom is -0.475 e. The summed E-state index contributed by atoms with van der Waals surface area (Å²) in [7, 11) is 1.70. The van der Waals surface area contributed by atoms with Crippen LogP contribution < -0.4 is 15.4 Å². The van der Waals surface area contributed by atoms with Crippen molar-refractivity contribution in [1.29, 1.82) is 0 Å². The zero-order chi connectivity index (χ0) is 26.1. The molecule has 4 aromatic heterocycles. The van der Waals surface area contributed by atoms with Crippen LogP contribution in [0.15, 0.2) is 49.2 Å². The van der Waals surface area contributed by atoms with E-state index in [9.17, 15) is 18.0 Å². The van der Waals surface area contributed by atoms with Gasteiger partial charge in [0.1, 0.15) is 29.7 Å². The van der Waals surface area contributed by atoms with E-state index in [1.54, 1.807) is 49.2 Å². The van der Waals surface area contributed by atoms with E-state index in [4.69, 9.17) is 10.5 Å². The molecule has 0 fully saturated rings. The average Bonchev–Trinajstić information content (AvgIpc) is 3.59. The van der Waals surface area contributed by atoms with Gasteiger partial charge in [-0.15, -0.1) is 0 Å². The molecule has 188 valence electrons. The summed E-state index contributed by atoms with van der Waals surface area (Å²) in [5.74, 6) is -0.235. The number of ether oxygens (including phenoxy) is 1. The van der Waals surface area contributed by atoms with Crippen molar-refractivity contribution < 1.29 is 22.7 Å². The molecule has 0 radical (unpaired) electrons. The second-order valence-corrected chi connectivity index (χ2v) is 8.76. The third kappa shape index (κ3) is 3.61. The number of aryl methyl sites for hydroxylation is 2. The summed E-state index contributed by atoms with van der Waals surface area (Å²) in [6.07, 6.45) is 1.72. The maximum atomic E-state index is 14.1. The molecular weight excluding hydrogens is 489 g/mol. The van der Waals surface area contributed by atoms with Gasteiger partial charge in [-0.1, -0.05) is 0 Å². The van der Waals surface area contributed by atoms with E-state index in [1.165, 1.54) is 21.8 Å². The Morgan fingerprint density at radius 2 is 2.00 bits per heavy atom. The first-order chi connectivity index (χ1) is 17.6. The number of aromatic nitrogens is 6. The third-order valence-corrected chi connectivity index (χ3v) is 6.37. The lowest BCUT2D eigenvalue weighted by Crippen LogP contribution is -2.36. The number of carbonyl (C=O) groups excluding carboxylic acids is 1. The first-order valence-electron chi connectivity index (χ1n) is 11.2. The van der Waals surface area contributed by atoms with Gasteiger partial charge in [-0.25, -0.2) is 15.0 Å². The molecule has 5 heterocycles. The van der Waals surface area contributed by atoms with Gasteiger partial charge in [-0.05, 0) is 36.8 Å². The Hall–Kier alpha value is -4.68. The van der Waals surface area contributed by atoms with Crippen LogP contribution >= 0.6 is 0 Å². The number of anilines is 2. The number of hydrogen-bond acceptors (Lipinski definition) is 7. The van der Waals surface area contributed by atoms with Crippen molar-refractivity contribution in [2.45, 2.75) is 19.1 Å². The highest BCUT2D eigenvalue weighted by atomic mass is 19.4. The molecule has 37 heavy (non-hydrogen) atoms. The van der Waals surface area contributed by atoms with E-state index in [1.807, 2.05) is 0 Å². The van der Waals surface area contributed by atoms with Crippen molar-refractivity contribution in [3.05, 3.63) is 71.6 Å². The summed E-state index contributed by atoms with van der Waals surface area (Å²) in [5.41, 5.74) is 8.64. The fourth-order valence-corrected chi connectivity index (χ4v) is 4.60. The molecule has 0 saturated heterocycles. The molecule has 5 aromatic rings. The molecule has 1 aliphatic rings. The number of carbonyl (C=O) groups is 1. The number of imidazole rings is 1. The number of benzene rings is 1. The van der Waals surface area contributed by atoms with Crippen LogP contribution in [0.3, 0.4) is 0 Å². The lowest BCUT2D eigenvalue weighted by atomic mass is 10.0. The molecule has 2 N–H and O–H groups in total. The molecule has 0 saturated carbocycles. The highest BCUT2D eigenvalue weighted by Gasteiger charge is 2.39. The maximum Gasteiger partial charge on any atom is 0.433 e. The maximum absolute atomic E-state index is 14.1. The van der Waals surface area contributed by atoms with Gasteiger partial charge in [0, 0.05) is 24.4 Å². The molecule has 1 aromatic carbocycles. The molecule has 0 unspecified atom stereocenters. The zero-order valence-electron chi connectivity index (χ0n) is 19.6. The molecular formula is C24H19F3N8O2. The Labute approximate surface area is 207 Å². The predicted octanol–water partition coefficient (Wildman–Crippen LogP) is 3.70. The Morgan fingerprint density at radius 1 is 1.19 bits per heavy atom. The van der Waals surface area contributed by atoms with Gasteiger partial charge in [0.2, 0.25) is 5.88 Å². The van der Waals surface area contributed by atoms with Crippen LogP contribution in [-0.2, 0) is 13.2 Å². The number of halogens is 3. The van der Waals surface area contributed by atoms with Crippen LogP contribution in [0.5, 0.6) is 5.88 Å². The number of rotatable bonds is 3. The molecule has 1 atom stereocenters. The summed E-state index contributed by atoms with van der Waals surface area (Å²) in [6, 6.07) is 4.93. The van der Waals surface area contributed by atoms with Crippen molar-refractivity contribution in [3.63, 3.8) is 0 Å². The average molecular weight is 508 g/mol. The molecule has 1 aliphatic heterocycles. The zero-order valence-corrected chi connectivity index (χ0v) is 19.6. The number of nitrogens with two attached hydrogens (primary N) is 1. The van der Waals surface area contributed by atoms with Crippen LogP contribution in [-0.4, -0.2) is 41.6 Å². The minimum atomic E-state index is -4.62. The summed E-state index contributed by atoms with van der Waals surface area (Å²) in [5, 5.41) is 4.18. The van der Waals surface area contributed by atoms with E-state index < -0.39 is 17.9 Å². The van der Waals surface area contributed by atoms with Crippen LogP contribution in [0.1, 0.15) is 33.2 Å². The largest absolute Gasteiger partial charge is 0.475 e. The number of amides is 1. The van der Waals surface area contributed by atoms with Crippen LogP contribution in [0.2, 0.25) is 0 Å². The Balaban J connectivity index is 1.49. The standard InChI is InChI=1S/C24H19F3N8O2/c1-12-5-16-17(34-11-29-8-18(34)21(28)31-16)6-15(12)23(36)35(13-7-30-33(2)9-13)19-10-37-22-14(19)3-4-20(32-22)24(25,26)27/h3-9,11,19H,10H2,1-2H3,(H2,28,31)/t19-/m1/s1. The smallest absolute Gasteiger partial charge is 0.433 e. The SMILES string of the molecule is Cc1cc2nc(N)c3cncn3c2cc1C(=O)N(c1cnn(C)c1)[C@@H]1COc2nc(C(F)(F)F)ccc21. The van der Waals surface area contributed by atoms with Gasteiger partial charge >= 0.3 is 6.18 Å². The molecule has 1 amide bonds. The molecule has 13 heteroatoms. The van der Waals surface area contributed by atoms with E-state index in [0.29, 0.717) is 44.7 Å². The van der Waals surface area contributed by atoms with E-state index in [-0.39, 0.29) is 18.4 Å².